The molecule has 0 unspecified atom stereocenters. The Bertz CT molecular complexity index is 939. The van der Waals surface area contributed by atoms with Crippen LogP contribution in [0, 0.1) is 0 Å². The Labute approximate surface area is 208 Å². The van der Waals surface area contributed by atoms with Gasteiger partial charge >= 0.3 is 0 Å². The van der Waals surface area contributed by atoms with E-state index in [1.165, 1.54) is 0 Å². The Balaban J connectivity index is 2.23. The molecule has 0 heterocycles. The van der Waals surface area contributed by atoms with Crippen LogP contribution in [-0.2, 0) is 22.6 Å². The van der Waals surface area contributed by atoms with Gasteiger partial charge in [0.1, 0.15) is 11.8 Å². The first-order valence-electron chi connectivity index (χ1n) is 10.7. The van der Waals surface area contributed by atoms with Gasteiger partial charge in [0.15, 0.2) is 6.61 Å². The molecule has 1 atom stereocenters. The van der Waals surface area contributed by atoms with Crippen molar-refractivity contribution in [2.24, 2.45) is 0 Å². The standard InChI is InChI=1S/C24H29BrCl2N2O3/c1-4-11-28-24(31)21(6-3)29(14-17-7-9-19(26)20(27)13-17)23(30)15-32-22-10-8-16(5-2)12-18(22)25/h7-10,12-13,21H,4-6,11,14-15H2,1-3H3,(H,28,31)/t21-/m1/s1. The lowest BCUT2D eigenvalue weighted by Crippen LogP contribution is -2.50. The average molecular weight is 544 g/mol. The van der Waals surface area contributed by atoms with Gasteiger partial charge in [-0.1, -0.05) is 56.1 Å². The monoisotopic (exact) mass is 542 g/mol. The molecule has 2 amide bonds. The number of hydrogen-bond donors (Lipinski definition) is 1. The Morgan fingerprint density at radius 1 is 1.06 bits per heavy atom. The molecule has 2 aromatic rings. The molecular formula is C24H29BrCl2N2O3. The molecule has 0 radical (unpaired) electrons. The third-order valence-corrected chi connectivity index (χ3v) is 6.39. The van der Waals surface area contributed by atoms with Gasteiger partial charge in [-0.25, -0.2) is 0 Å². The Morgan fingerprint density at radius 3 is 2.38 bits per heavy atom. The second-order valence-electron chi connectivity index (χ2n) is 7.39. The first-order valence-corrected chi connectivity index (χ1v) is 12.3. The highest BCUT2D eigenvalue weighted by Crippen LogP contribution is 2.27. The SMILES string of the molecule is CCCNC(=O)[C@@H](CC)N(Cc1ccc(Cl)c(Cl)c1)C(=O)COc1ccc(CC)cc1Br. The summed E-state index contributed by atoms with van der Waals surface area (Å²) in [6.45, 7) is 6.51. The van der Waals surface area contributed by atoms with Crippen molar-refractivity contribution in [2.75, 3.05) is 13.2 Å². The normalized spacial score (nSPS) is 11.7. The predicted octanol–water partition coefficient (Wildman–Crippen LogP) is 6.03. The molecule has 2 aromatic carbocycles. The highest BCUT2D eigenvalue weighted by atomic mass is 79.9. The number of ether oxygens (including phenoxy) is 1. The summed E-state index contributed by atoms with van der Waals surface area (Å²) >= 11 is 15.7. The number of benzene rings is 2. The zero-order valence-electron chi connectivity index (χ0n) is 18.6. The van der Waals surface area contributed by atoms with Gasteiger partial charge in [-0.3, -0.25) is 9.59 Å². The summed E-state index contributed by atoms with van der Waals surface area (Å²) < 4.78 is 6.58. The summed E-state index contributed by atoms with van der Waals surface area (Å²) in [5.41, 5.74) is 1.94. The van der Waals surface area contributed by atoms with Crippen LogP contribution in [-0.4, -0.2) is 35.9 Å². The molecule has 0 bridgehead atoms. The molecule has 0 aliphatic heterocycles. The lowest BCUT2D eigenvalue weighted by atomic mass is 10.1. The van der Waals surface area contributed by atoms with Crippen LogP contribution in [0.4, 0.5) is 0 Å². The van der Waals surface area contributed by atoms with Crippen LogP contribution in [0.2, 0.25) is 10.0 Å². The first-order chi connectivity index (χ1) is 15.3. The largest absolute Gasteiger partial charge is 0.483 e. The molecule has 0 spiro atoms. The van der Waals surface area contributed by atoms with E-state index in [1.54, 1.807) is 23.1 Å². The van der Waals surface area contributed by atoms with E-state index < -0.39 is 6.04 Å². The molecule has 174 valence electrons. The highest BCUT2D eigenvalue weighted by Gasteiger charge is 2.29. The maximum Gasteiger partial charge on any atom is 0.261 e. The van der Waals surface area contributed by atoms with Gasteiger partial charge in [-0.05, 0) is 70.6 Å². The van der Waals surface area contributed by atoms with Crippen molar-refractivity contribution in [1.29, 1.82) is 0 Å². The van der Waals surface area contributed by atoms with Crippen molar-refractivity contribution in [3.63, 3.8) is 0 Å². The summed E-state index contributed by atoms with van der Waals surface area (Å²) in [4.78, 5) is 27.6. The van der Waals surface area contributed by atoms with E-state index in [1.807, 2.05) is 32.0 Å². The van der Waals surface area contributed by atoms with Crippen molar-refractivity contribution in [3.8, 4) is 5.75 Å². The molecule has 8 heteroatoms. The predicted molar refractivity (Wildman–Crippen MR) is 133 cm³/mol. The fourth-order valence-corrected chi connectivity index (χ4v) is 4.09. The minimum atomic E-state index is -0.627. The van der Waals surface area contributed by atoms with E-state index in [9.17, 15) is 9.59 Å². The number of amides is 2. The number of nitrogens with zero attached hydrogens (tertiary/aromatic N) is 1. The zero-order chi connectivity index (χ0) is 23.7. The number of hydrogen-bond acceptors (Lipinski definition) is 3. The second-order valence-corrected chi connectivity index (χ2v) is 9.06. The van der Waals surface area contributed by atoms with E-state index in [0.29, 0.717) is 28.8 Å². The van der Waals surface area contributed by atoms with E-state index >= 15 is 0 Å². The quantitative estimate of drug-likeness (QED) is 0.376. The van der Waals surface area contributed by atoms with Gasteiger partial charge in [0, 0.05) is 13.1 Å². The number of carbonyl (C=O) groups excluding carboxylic acids is 2. The van der Waals surface area contributed by atoms with Gasteiger partial charge in [0.2, 0.25) is 5.91 Å². The van der Waals surface area contributed by atoms with Crippen LogP contribution >= 0.6 is 39.1 Å². The van der Waals surface area contributed by atoms with Gasteiger partial charge in [-0.15, -0.1) is 0 Å². The third kappa shape index (κ3) is 7.39. The van der Waals surface area contributed by atoms with Crippen molar-refractivity contribution in [2.45, 2.75) is 52.6 Å². The van der Waals surface area contributed by atoms with Crippen molar-refractivity contribution in [1.82, 2.24) is 10.2 Å². The van der Waals surface area contributed by atoms with Gasteiger partial charge in [0.25, 0.3) is 5.91 Å². The van der Waals surface area contributed by atoms with Gasteiger partial charge < -0.3 is 15.0 Å². The Hall–Kier alpha value is -1.76. The van der Waals surface area contributed by atoms with E-state index in [-0.39, 0.29) is 25.0 Å². The first kappa shape index (κ1) is 26.5. The lowest BCUT2D eigenvalue weighted by molar-refractivity contribution is -0.143. The minimum Gasteiger partial charge on any atom is -0.483 e. The second kappa shape index (κ2) is 13.1. The van der Waals surface area contributed by atoms with Crippen LogP contribution in [0.5, 0.6) is 5.75 Å². The van der Waals surface area contributed by atoms with Crippen molar-refractivity contribution in [3.05, 3.63) is 62.0 Å². The van der Waals surface area contributed by atoms with E-state index in [0.717, 1.165) is 28.4 Å². The van der Waals surface area contributed by atoms with Crippen molar-refractivity contribution < 1.29 is 14.3 Å². The molecule has 0 aliphatic rings. The molecule has 32 heavy (non-hydrogen) atoms. The molecular weight excluding hydrogens is 515 g/mol. The van der Waals surface area contributed by atoms with Crippen LogP contribution < -0.4 is 10.1 Å². The van der Waals surface area contributed by atoms with Crippen LogP contribution in [0.25, 0.3) is 0 Å². The number of halogens is 3. The molecule has 5 nitrogen and oxygen atoms in total. The fraction of sp³-hybridized carbons (Fsp3) is 0.417. The van der Waals surface area contributed by atoms with Gasteiger partial charge in [0.05, 0.1) is 14.5 Å². The Morgan fingerprint density at radius 2 is 1.78 bits per heavy atom. The smallest absolute Gasteiger partial charge is 0.261 e. The third-order valence-electron chi connectivity index (χ3n) is 5.03. The molecule has 1 N–H and O–H groups in total. The summed E-state index contributed by atoms with van der Waals surface area (Å²) in [6, 6.07) is 10.3. The highest BCUT2D eigenvalue weighted by molar-refractivity contribution is 9.10. The van der Waals surface area contributed by atoms with Crippen LogP contribution in [0.1, 0.15) is 44.7 Å². The molecule has 0 aromatic heterocycles. The minimum absolute atomic E-state index is 0.184. The average Bonchev–Trinajstić information content (AvgIpc) is 2.78. The number of nitrogens with one attached hydrogen (secondary N) is 1. The molecule has 0 fully saturated rings. The summed E-state index contributed by atoms with van der Waals surface area (Å²) in [6.07, 6.45) is 2.19. The lowest BCUT2D eigenvalue weighted by Gasteiger charge is -2.30. The fourth-order valence-electron chi connectivity index (χ4n) is 3.22. The summed E-state index contributed by atoms with van der Waals surface area (Å²) in [5, 5.41) is 3.73. The van der Waals surface area contributed by atoms with Crippen LogP contribution in [0.3, 0.4) is 0 Å². The van der Waals surface area contributed by atoms with E-state index in [4.69, 9.17) is 27.9 Å². The molecule has 0 saturated carbocycles. The zero-order valence-corrected chi connectivity index (χ0v) is 21.7. The van der Waals surface area contributed by atoms with Crippen molar-refractivity contribution >= 4 is 50.9 Å². The number of carbonyl (C=O) groups is 2. The van der Waals surface area contributed by atoms with E-state index in [2.05, 4.69) is 28.2 Å². The summed E-state index contributed by atoms with van der Waals surface area (Å²) in [5.74, 6) is 0.103. The van der Waals surface area contributed by atoms with Crippen LogP contribution in [0.15, 0.2) is 40.9 Å². The summed E-state index contributed by atoms with van der Waals surface area (Å²) in [7, 11) is 0. The maximum atomic E-state index is 13.2. The number of aryl methyl sites for hydroxylation is 1. The molecule has 0 saturated heterocycles. The topological polar surface area (TPSA) is 58.6 Å². The molecule has 2 rings (SSSR count). The number of rotatable bonds is 11. The Kier molecular flexibility index (Phi) is 10.8. The molecule has 0 aliphatic carbocycles. The maximum absolute atomic E-state index is 13.2. The van der Waals surface area contributed by atoms with Gasteiger partial charge in [-0.2, -0.15) is 0 Å².